The molecular weight excluding hydrogens is 284 g/mol. The van der Waals surface area contributed by atoms with Crippen molar-refractivity contribution in [3.63, 3.8) is 0 Å². The molecule has 0 saturated heterocycles. The Morgan fingerprint density at radius 3 is 2.76 bits per heavy atom. The zero-order chi connectivity index (χ0) is 14.4. The lowest BCUT2D eigenvalue weighted by Crippen LogP contribution is -2.42. The lowest BCUT2D eigenvalue weighted by molar-refractivity contribution is 0.0203. The van der Waals surface area contributed by atoms with Crippen LogP contribution < -0.4 is 5.32 Å². The Kier molecular flexibility index (Phi) is 2.73. The third kappa shape index (κ3) is 1.92. The molecule has 2 unspecified atom stereocenters. The molecule has 21 heavy (non-hydrogen) atoms. The highest BCUT2D eigenvalue weighted by atomic mass is 35.5. The molecule has 0 radical (unpaired) electrons. The van der Waals surface area contributed by atoms with Gasteiger partial charge in [-0.1, -0.05) is 47.1 Å². The molecule has 0 fully saturated rings. The van der Waals surface area contributed by atoms with Crippen LogP contribution >= 0.6 is 11.6 Å². The lowest BCUT2D eigenvalue weighted by atomic mass is 9.77. The third-order valence-electron chi connectivity index (χ3n) is 4.39. The van der Waals surface area contributed by atoms with Crippen molar-refractivity contribution in [3.05, 3.63) is 64.7 Å². The summed E-state index contributed by atoms with van der Waals surface area (Å²) in [5.41, 5.74) is 4.34. The van der Waals surface area contributed by atoms with E-state index < -0.39 is 0 Å². The molecule has 3 nitrogen and oxygen atoms in total. The number of hydrogen-bond acceptors (Lipinski definition) is 3. The molecule has 4 rings (SSSR count). The molecule has 2 aliphatic heterocycles. The van der Waals surface area contributed by atoms with Crippen molar-refractivity contribution in [2.24, 2.45) is 5.16 Å². The molecule has 0 bridgehead atoms. The molecule has 106 valence electrons. The van der Waals surface area contributed by atoms with E-state index in [0.29, 0.717) is 0 Å². The normalized spacial score (nSPS) is 26.2. The van der Waals surface area contributed by atoms with Gasteiger partial charge in [0.1, 0.15) is 0 Å². The zero-order valence-corrected chi connectivity index (χ0v) is 12.4. The Balaban J connectivity index is 1.73. The van der Waals surface area contributed by atoms with Crippen LogP contribution in [0.5, 0.6) is 0 Å². The van der Waals surface area contributed by atoms with E-state index in [1.807, 2.05) is 30.3 Å². The largest absolute Gasteiger partial charge is 0.370 e. The molecule has 0 spiro atoms. The number of oxime groups is 1. The standard InChI is InChI=1S/C17H15ClN2O/c1-17-10-15(11-6-8-12(18)9-7-11)20-21-16(17)19-14-5-3-2-4-13(14)17/h2-9,16,19H,10H2,1H3. The van der Waals surface area contributed by atoms with E-state index >= 15 is 0 Å². The van der Waals surface area contributed by atoms with E-state index in [1.165, 1.54) is 5.56 Å². The maximum absolute atomic E-state index is 5.95. The smallest absolute Gasteiger partial charge is 0.207 e. The monoisotopic (exact) mass is 298 g/mol. The van der Waals surface area contributed by atoms with Crippen molar-refractivity contribution in [3.8, 4) is 0 Å². The number of hydrogen-bond donors (Lipinski definition) is 1. The quantitative estimate of drug-likeness (QED) is 0.857. The second-order valence-electron chi connectivity index (χ2n) is 5.81. The second-order valence-corrected chi connectivity index (χ2v) is 6.25. The SMILES string of the molecule is CC12CC(c3ccc(Cl)cc3)=NOC1Nc1ccccc12. The first-order valence-electron chi connectivity index (χ1n) is 7.01. The summed E-state index contributed by atoms with van der Waals surface area (Å²) in [5.74, 6) is 0. The Labute approximate surface area is 128 Å². The van der Waals surface area contributed by atoms with E-state index in [2.05, 4.69) is 35.6 Å². The average molecular weight is 299 g/mol. The Morgan fingerprint density at radius 2 is 1.95 bits per heavy atom. The molecule has 0 amide bonds. The topological polar surface area (TPSA) is 33.6 Å². The minimum absolute atomic E-state index is 0.104. The maximum atomic E-state index is 5.95. The first kappa shape index (κ1) is 12.7. The van der Waals surface area contributed by atoms with Crippen LogP contribution in [-0.2, 0) is 10.3 Å². The van der Waals surface area contributed by atoms with Crippen LogP contribution in [0.15, 0.2) is 53.7 Å². The van der Waals surface area contributed by atoms with Gasteiger partial charge >= 0.3 is 0 Å². The molecule has 4 heteroatoms. The molecular formula is C17H15ClN2O. The third-order valence-corrected chi connectivity index (χ3v) is 4.64. The van der Waals surface area contributed by atoms with Gasteiger partial charge < -0.3 is 10.2 Å². The highest BCUT2D eigenvalue weighted by Crippen LogP contribution is 2.46. The van der Waals surface area contributed by atoms with Crippen LogP contribution in [0.3, 0.4) is 0 Å². The van der Waals surface area contributed by atoms with Crippen LogP contribution in [0.25, 0.3) is 0 Å². The van der Waals surface area contributed by atoms with Gasteiger partial charge in [-0.15, -0.1) is 0 Å². The van der Waals surface area contributed by atoms with Crippen LogP contribution in [0.1, 0.15) is 24.5 Å². The number of rotatable bonds is 1. The summed E-state index contributed by atoms with van der Waals surface area (Å²) in [7, 11) is 0. The molecule has 2 aromatic rings. The van der Waals surface area contributed by atoms with Crippen molar-refractivity contribution < 1.29 is 4.84 Å². The molecule has 0 aliphatic carbocycles. The zero-order valence-electron chi connectivity index (χ0n) is 11.6. The number of nitrogens with one attached hydrogen (secondary N) is 1. The lowest BCUT2D eigenvalue weighted by Gasteiger charge is -2.34. The minimum Gasteiger partial charge on any atom is -0.370 e. The van der Waals surface area contributed by atoms with Crippen molar-refractivity contribution in [1.82, 2.24) is 0 Å². The molecule has 2 aromatic carbocycles. The number of nitrogens with zero attached hydrogens (tertiary/aromatic N) is 1. The van der Waals surface area contributed by atoms with Crippen molar-refractivity contribution in [1.29, 1.82) is 0 Å². The summed E-state index contributed by atoms with van der Waals surface area (Å²) < 4.78 is 0. The predicted octanol–water partition coefficient (Wildman–Crippen LogP) is 4.17. The van der Waals surface area contributed by atoms with Gasteiger partial charge in [-0.25, -0.2) is 0 Å². The number of anilines is 1. The fourth-order valence-electron chi connectivity index (χ4n) is 3.17. The first-order valence-corrected chi connectivity index (χ1v) is 7.39. The van der Waals surface area contributed by atoms with Gasteiger partial charge in [0.15, 0.2) is 0 Å². The fraction of sp³-hybridized carbons (Fsp3) is 0.235. The molecule has 2 atom stereocenters. The average Bonchev–Trinajstić information content (AvgIpc) is 2.80. The van der Waals surface area contributed by atoms with Crippen LogP contribution in [-0.4, -0.2) is 11.9 Å². The van der Waals surface area contributed by atoms with Gasteiger partial charge in [-0.2, -0.15) is 0 Å². The molecule has 2 aliphatic rings. The Hall–Kier alpha value is -2.00. The van der Waals surface area contributed by atoms with E-state index in [1.54, 1.807) is 0 Å². The summed E-state index contributed by atoms with van der Waals surface area (Å²) in [6, 6.07) is 16.1. The first-order chi connectivity index (χ1) is 10.2. The van der Waals surface area contributed by atoms with Gasteiger partial charge in [-0.05, 0) is 36.2 Å². The van der Waals surface area contributed by atoms with Crippen LogP contribution in [0.4, 0.5) is 5.69 Å². The highest BCUT2D eigenvalue weighted by molar-refractivity contribution is 6.30. The van der Waals surface area contributed by atoms with Crippen LogP contribution in [0, 0.1) is 0 Å². The van der Waals surface area contributed by atoms with E-state index in [-0.39, 0.29) is 11.6 Å². The van der Waals surface area contributed by atoms with Crippen LogP contribution in [0.2, 0.25) is 5.02 Å². The Morgan fingerprint density at radius 1 is 1.19 bits per heavy atom. The summed E-state index contributed by atoms with van der Waals surface area (Å²) in [6.07, 6.45) is 0.731. The van der Waals surface area contributed by atoms with E-state index in [9.17, 15) is 0 Å². The van der Waals surface area contributed by atoms with Gasteiger partial charge in [0.25, 0.3) is 0 Å². The van der Waals surface area contributed by atoms with Gasteiger partial charge in [0.05, 0.1) is 11.1 Å². The van der Waals surface area contributed by atoms with Gasteiger partial charge in [-0.3, -0.25) is 0 Å². The van der Waals surface area contributed by atoms with Gasteiger partial charge in [0.2, 0.25) is 6.23 Å². The van der Waals surface area contributed by atoms with Crippen molar-refractivity contribution >= 4 is 23.0 Å². The van der Waals surface area contributed by atoms with Crippen molar-refractivity contribution in [2.75, 3.05) is 5.32 Å². The highest BCUT2D eigenvalue weighted by Gasteiger charge is 2.48. The fourth-order valence-corrected chi connectivity index (χ4v) is 3.30. The van der Waals surface area contributed by atoms with E-state index in [4.69, 9.17) is 16.4 Å². The van der Waals surface area contributed by atoms with Gasteiger partial charge in [0, 0.05) is 17.1 Å². The maximum Gasteiger partial charge on any atom is 0.207 e. The number of benzene rings is 2. The second kappa shape index (κ2) is 4.50. The Bertz CT molecular complexity index is 726. The number of para-hydroxylation sites is 1. The molecule has 0 saturated carbocycles. The van der Waals surface area contributed by atoms with E-state index in [0.717, 1.165) is 28.4 Å². The molecule has 0 aromatic heterocycles. The summed E-state index contributed by atoms with van der Waals surface area (Å²) in [5, 5.41) is 8.45. The molecule has 1 N–H and O–H groups in total. The summed E-state index contributed by atoms with van der Waals surface area (Å²) in [6.45, 7) is 2.22. The minimum atomic E-state index is -0.106. The summed E-state index contributed by atoms with van der Waals surface area (Å²) in [4.78, 5) is 5.73. The summed E-state index contributed by atoms with van der Waals surface area (Å²) >= 11 is 5.95. The van der Waals surface area contributed by atoms with Crippen molar-refractivity contribution in [2.45, 2.75) is 25.0 Å². The number of halogens is 1. The number of fused-ring (bicyclic) bond motifs is 3. The molecule has 2 heterocycles. The predicted molar refractivity (Wildman–Crippen MR) is 84.9 cm³/mol.